The number of amides is 2. The van der Waals surface area contributed by atoms with E-state index in [-0.39, 0.29) is 73.0 Å². The summed E-state index contributed by atoms with van der Waals surface area (Å²) >= 11 is 0. The van der Waals surface area contributed by atoms with E-state index >= 15 is 0 Å². The minimum absolute atomic E-state index is 0.0442. The molecule has 51 heavy (non-hydrogen) atoms. The van der Waals surface area contributed by atoms with Gasteiger partial charge in [0.15, 0.2) is 5.78 Å². The second-order valence-corrected chi connectivity index (χ2v) is 15.8. The maximum Gasteiger partial charge on any atom is 0.307 e. The molecule has 1 aliphatic heterocycles. The van der Waals surface area contributed by atoms with Crippen molar-refractivity contribution < 1.29 is 38.6 Å². The molecule has 7 atom stereocenters. The van der Waals surface area contributed by atoms with Crippen LogP contribution in [0.5, 0.6) is 0 Å². The molecule has 3 N–H and O–H groups in total. The summed E-state index contributed by atoms with van der Waals surface area (Å²) in [5, 5.41) is 9.93. The van der Waals surface area contributed by atoms with E-state index in [0.717, 1.165) is 37.7 Å². The normalized spacial score (nSPS) is 20.4. The fourth-order valence-electron chi connectivity index (χ4n) is 8.18. The smallest absolute Gasteiger partial charge is 0.307 e. The molecule has 0 spiro atoms. The van der Waals surface area contributed by atoms with Gasteiger partial charge < -0.3 is 30.1 Å². The monoisotopic (exact) mass is 713 g/mol. The maximum atomic E-state index is 14.2. The molecule has 1 saturated carbocycles. The van der Waals surface area contributed by atoms with Crippen molar-refractivity contribution in [2.24, 2.45) is 35.3 Å². The zero-order valence-corrected chi connectivity index (χ0v) is 32.1. The van der Waals surface area contributed by atoms with Crippen LogP contribution in [-0.4, -0.2) is 102 Å². The second-order valence-electron chi connectivity index (χ2n) is 15.8. The predicted molar refractivity (Wildman–Crippen MR) is 196 cm³/mol. The van der Waals surface area contributed by atoms with Crippen LogP contribution in [0.3, 0.4) is 0 Å². The Balaban J connectivity index is 1.78. The summed E-state index contributed by atoms with van der Waals surface area (Å²) in [7, 11) is 4.88. The number of benzene rings is 1. The summed E-state index contributed by atoms with van der Waals surface area (Å²) in [4.78, 5) is 70.5. The minimum atomic E-state index is -1.05. The third-order valence-electron chi connectivity index (χ3n) is 11.4. The van der Waals surface area contributed by atoms with E-state index in [9.17, 15) is 29.1 Å². The number of likely N-dealkylation sites (N-methyl/N-ethyl adjacent to an activating group) is 1. The molecule has 11 nitrogen and oxygen atoms in total. The highest BCUT2D eigenvalue weighted by Gasteiger charge is 2.44. The Morgan fingerprint density at radius 3 is 2.10 bits per heavy atom. The Morgan fingerprint density at radius 1 is 0.941 bits per heavy atom. The van der Waals surface area contributed by atoms with Crippen molar-refractivity contribution >= 4 is 29.4 Å². The number of carboxylic acids is 1. The number of carboxylic acid groups (broad SMARTS) is 1. The van der Waals surface area contributed by atoms with Crippen LogP contribution < -0.4 is 5.73 Å². The standard InChI is InChI=1S/C40H63N3O8/c1-25(2)30(23-34(45)40(4,5)41)38(47)42(6)36(28-17-12-13-18-28)33(50-7)24-35(46)43-20-14-19-31(43)37(51-8)26(3)32(44)22-29(39(48)49)21-27-15-10-9-11-16-27/h9-11,15-16,25-26,28-31,33,36-37H,12-14,17-24,41H2,1-8H3,(H,48,49)/t26-,29+,30-,31-,33+,36-,37+/m0/s1. The molecule has 1 aromatic rings. The fourth-order valence-corrected chi connectivity index (χ4v) is 8.18. The van der Waals surface area contributed by atoms with Crippen LogP contribution in [0.15, 0.2) is 30.3 Å². The van der Waals surface area contributed by atoms with E-state index in [1.54, 1.807) is 44.7 Å². The number of likely N-dealkylation sites (tertiary alicyclic amines) is 1. The van der Waals surface area contributed by atoms with Crippen molar-refractivity contribution in [1.29, 1.82) is 0 Å². The molecule has 1 saturated heterocycles. The van der Waals surface area contributed by atoms with Gasteiger partial charge in [0, 0.05) is 52.5 Å². The zero-order valence-electron chi connectivity index (χ0n) is 32.1. The minimum Gasteiger partial charge on any atom is -0.481 e. The molecule has 11 heteroatoms. The Kier molecular flexibility index (Phi) is 15.8. The fraction of sp³-hybridized carbons (Fsp3) is 0.725. The summed E-state index contributed by atoms with van der Waals surface area (Å²) in [5.41, 5.74) is 5.90. The van der Waals surface area contributed by atoms with Crippen LogP contribution >= 0.6 is 0 Å². The molecule has 2 amide bonds. The first-order valence-corrected chi connectivity index (χ1v) is 18.7. The van der Waals surface area contributed by atoms with Crippen molar-refractivity contribution in [3.05, 3.63) is 35.9 Å². The van der Waals surface area contributed by atoms with Gasteiger partial charge in [0.1, 0.15) is 5.78 Å². The summed E-state index contributed by atoms with van der Waals surface area (Å²) < 4.78 is 12.0. The van der Waals surface area contributed by atoms with Gasteiger partial charge in [-0.1, -0.05) is 63.9 Å². The van der Waals surface area contributed by atoms with Gasteiger partial charge in [-0.05, 0) is 63.4 Å². The van der Waals surface area contributed by atoms with Gasteiger partial charge in [-0.25, -0.2) is 0 Å². The maximum absolute atomic E-state index is 14.2. The number of carbonyl (C=O) groups excluding carboxylic acids is 4. The molecule has 286 valence electrons. The summed E-state index contributed by atoms with van der Waals surface area (Å²) in [5.74, 6) is -3.70. The molecule has 0 bridgehead atoms. The van der Waals surface area contributed by atoms with Gasteiger partial charge in [-0.3, -0.25) is 24.0 Å². The van der Waals surface area contributed by atoms with Crippen molar-refractivity contribution in [2.75, 3.05) is 27.8 Å². The Hall–Kier alpha value is -3.15. The summed E-state index contributed by atoms with van der Waals surface area (Å²) in [6, 6.07) is 8.54. The second kappa shape index (κ2) is 19.1. The van der Waals surface area contributed by atoms with Crippen molar-refractivity contribution in [3.8, 4) is 0 Å². The van der Waals surface area contributed by atoms with E-state index in [1.165, 1.54) is 7.11 Å². The molecule has 2 aliphatic rings. The molecular weight excluding hydrogens is 650 g/mol. The van der Waals surface area contributed by atoms with Gasteiger partial charge in [-0.15, -0.1) is 0 Å². The average Bonchev–Trinajstić information content (AvgIpc) is 3.79. The number of hydrogen-bond acceptors (Lipinski definition) is 8. The van der Waals surface area contributed by atoms with Crippen LogP contribution in [0.1, 0.15) is 98.0 Å². The van der Waals surface area contributed by atoms with E-state index in [2.05, 4.69) is 0 Å². The number of carbonyl (C=O) groups is 5. The van der Waals surface area contributed by atoms with E-state index in [4.69, 9.17) is 15.2 Å². The van der Waals surface area contributed by atoms with Crippen LogP contribution in [0.2, 0.25) is 0 Å². The number of rotatable bonds is 20. The largest absolute Gasteiger partial charge is 0.481 e. The van der Waals surface area contributed by atoms with Gasteiger partial charge in [-0.2, -0.15) is 0 Å². The molecular formula is C40H63N3O8. The van der Waals surface area contributed by atoms with Gasteiger partial charge in [0.25, 0.3) is 0 Å². The third-order valence-corrected chi connectivity index (χ3v) is 11.4. The Bertz CT molecular complexity index is 1320. The van der Waals surface area contributed by atoms with Crippen molar-refractivity contribution in [1.82, 2.24) is 9.80 Å². The van der Waals surface area contributed by atoms with Crippen LogP contribution in [0.4, 0.5) is 0 Å². The number of ether oxygens (including phenoxy) is 2. The zero-order chi connectivity index (χ0) is 38.0. The first-order chi connectivity index (χ1) is 24.0. The molecule has 0 aromatic heterocycles. The topological polar surface area (TPSA) is 157 Å². The van der Waals surface area contributed by atoms with Crippen molar-refractivity contribution in [3.63, 3.8) is 0 Å². The molecule has 1 aliphatic carbocycles. The first-order valence-electron chi connectivity index (χ1n) is 18.7. The number of nitrogens with two attached hydrogens (primary N) is 1. The first kappa shape index (κ1) is 42.3. The number of hydrogen-bond donors (Lipinski definition) is 2. The molecule has 0 radical (unpaired) electrons. The molecule has 3 rings (SSSR count). The number of methoxy groups -OCH3 is 2. The number of Topliss-reactive ketones (excluding diaryl/α,β-unsaturated/α-hetero) is 2. The van der Waals surface area contributed by atoms with Gasteiger partial charge in [0.2, 0.25) is 11.8 Å². The van der Waals surface area contributed by atoms with Crippen molar-refractivity contribution in [2.45, 2.75) is 129 Å². The number of aliphatic carboxylic acids is 1. The van der Waals surface area contributed by atoms with E-state index in [1.807, 2.05) is 44.2 Å². The van der Waals surface area contributed by atoms with E-state index < -0.39 is 41.5 Å². The van der Waals surface area contributed by atoms with E-state index in [0.29, 0.717) is 13.0 Å². The highest BCUT2D eigenvalue weighted by atomic mass is 16.5. The summed E-state index contributed by atoms with van der Waals surface area (Å²) in [6.07, 6.45) is 4.30. The highest BCUT2D eigenvalue weighted by molar-refractivity contribution is 5.92. The number of ketones is 2. The SMILES string of the molecule is CO[C@H]([C@@H](C)C(=O)C[C@@H](Cc1ccccc1)C(=O)O)[C@@H]1CCCN1C(=O)C[C@@H](OC)[C@H](C1CCCC1)N(C)C(=O)[C@@H](CC(=O)C(C)(C)N)C(C)C. The molecule has 0 unspecified atom stereocenters. The average molecular weight is 714 g/mol. The van der Waals surface area contributed by atoms with Gasteiger partial charge >= 0.3 is 5.97 Å². The molecule has 1 heterocycles. The highest BCUT2D eigenvalue weighted by Crippen LogP contribution is 2.36. The number of nitrogens with zero attached hydrogens (tertiary/aromatic N) is 2. The lowest BCUT2D eigenvalue weighted by atomic mass is 9.83. The van der Waals surface area contributed by atoms with Crippen LogP contribution in [0.25, 0.3) is 0 Å². The van der Waals surface area contributed by atoms with Gasteiger partial charge in [0.05, 0.1) is 42.2 Å². The third kappa shape index (κ3) is 11.2. The van der Waals surface area contributed by atoms with Crippen LogP contribution in [0, 0.1) is 29.6 Å². The Morgan fingerprint density at radius 2 is 1.57 bits per heavy atom. The van der Waals surface area contributed by atoms with Crippen LogP contribution in [-0.2, 0) is 39.9 Å². The summed E-state index contributed by atoms with van der Waals surface area (Å²) in [6.45, 7) is 9.45. The predicted octanol–water partition coefficient (Wildman–Crippen LogP) is 4.92. The Labute approximate surface area is 305 Å². The molecule has 2 fully saturated rings. The molecule has 1 aromatic carbocycles. The lowest BCUT2D eigenvalue weighted by molar-refractivity contribution is -0.149. The lowest BCUT2D eigenvalue weighted by Crippen LogP contribution is -2.54. The lowest BCUT2D eigenvalue weighted by Gasteiger charge is -2.41. The quantitative estimate of drug-likeness (QED) is 0.192.